The zero-order valence-electron chi connectivity index (χ0n) is 10.2. The van der Waals surface area contributed by atoms with Gasteiger partial charge in [-0.2, -0.15) is 0 Å². The lowest BCUT2D eigenvalue weighted by molar-refractivity contribution is 1.10. The SMILES string of the molecule is Cc1cccc2nc(N)n(-c3ccc(Br)c(Cl)c3)c12. The molecule has 0 aliphatic rings. The number of hydrogen-bond acceptors (Lipinski definition) is 2. The van der Waals surface area contributed by atoms with Gasteiger partial charge in [0.05, 0.1) is 21.7 Å². The van der Waals surface area contributed by atoms with Crippen LogP contribution in [0.15, 0.2) is 40.9 Å². The van der Waals surface area contributed by atoms with Crippen LogP contribution in [0.5, 0.6) is 0 Å². The molecule has 96 valence electrons. The van der Waals surface area contributed by atoms with E-state index in [2.05, 4.69) is 20.9 Å². The molecule has 19 heavy (non-hydrogen) atoms. The largest absolute Gasteiger partial charge is 0.369 e. The van der Waals surface area contributed by atoms with Crippen LogP contribution >= 0.6 is 27.5 Å². The van der Waals surface area contributed by atoms with Crippen molar-refractivity contribution in [3.63, 3.8) is 0 Å². The summed E-state index contributed by atoms with van der Waals surface area (Å²) in [5, 5.41) is 0.646. The molecule has 0 spiro atoms. The van der Waals surface area contributed by atoms with Crippen molar-refractivity contribution in [2.75, 3.05) is 5.73 Å². The Morgan fingerprint density at radius 1 is 1.26 bits per heavy atom. The minimum absolute atomic E-state index is 0.461. The number of fused-ring (bicyclic) bond motifs is 1. The first-order valence-electron chi connectivity index (χ1n) is 5.77. The summed E-state index contributed by atoms with van der Waals surface area (Å²) in [6.45, 7) is 2.04. The average molecular weight is 337 g/mol. The molecule has 1 aromatic heterocycles. The van der Waals surface area contributed by atoms with Gasteiger partial charge >= 0.3 is 0 Å². The highest BCUT2D eigenvalue weighted by atomic mass is 79.9. The molecule has 0 amide bonds. The van der Waals surface area contributed by atoms with Crippen molar-refractivity contribution in [1.29, 1.82) is 0 Å². The topological polar surface area (TPSA) is 43.8 Å². The molecule has 0 fully saturated rings. The molecule has 5 heteroatoms. The lowest BCUT2D eigenvalue weighted by atomic mass is 10.2. The van der Waals surface area contributed by atoms with E-state index in [-0.39, 0.29) is 0 Å². The molecule has 0 atom stereocenters. The number of nitrogen functional groups attached to an aromatic ring is 1. The number of hydrogen-bond donors (Lipinski definition) is 1. The highest BCUT2D eigenvalue weighted by Gasteiger charge is 2.12. The molecular formula is C14H11BrClN3. The monoisotopic (exact) mass is 335 g/mol. The van der Waals surface area contributed by atoms with Gasteiger partial charge in [-0.05, 0) is 52.7 Å². The summed E-state index contributed by atoms with van der Waals surface area (Å²) >= 11 is 9.54. The van der Waals surface area contributed by atoms with Crippen molar-refractivity contribution < 1.29 is 0 Å². The number of benzene rings is 2. The number of imidazole rings is 1. The van der Waals surface area contributed by atoms with E-state index in [0.29, 0.717) is 11.0 Å². The second-order valence-corrected chi connectivity index (χ2v) is 5.61. The number of halogens is 2. The molecule has 2 N–H and O–H groups in total. The molecule has 0 saturated heterocycles. The van der Waals surface area contributed by atoms with Crippen molar-refractivity contribution in [3.8, 4) is 5.69 Å². The third-order valence-corrected chi connectivity index (χ3v) is 4.30. The molecule has 3 nitrogen and oxygen atoms in total. The Morgan fingerprint density at radius 3 is 2.79 bits per heavy atom. The van der Waals surface area contributed by atoms with Gasteiger partial charge < -0.3 is 5.73 Å². The minimum atomic E-state index is 0.461. The molecule has 2 aromatic carbocycles. The fourth-order valence-corrected chi connectivity index (χ4v) is 2.62. The van der Waals surface area contributed by atoms with E-state index in [1.165, 1.54) is 0 Å². The Hall–Kier alpha value is -1.52. The molecular weight excluding hydrogens is 326 g/mol. The van der Waals surface area contributed by atoms with Crippen LogP contribution in [0.25, 0.3) is 16.7 Å². The molecule has 1 heterocycles. The van der Waals surface area contributed by atoms with Gasteiger partial charge in [0.2, 0.25) is 5.95 Å². The lowest BCUT2D eigenvalue weighted by Gasteiger charge is -2.09. The summed E-state index contributed by atoms with van der Waals surface area (Å²) < 4.78 is 2.78. The average Bonchev–Trinajstić information content (AvgIpc) is 2.70. The van der Waals surface area contributed by atoms with E-state index in [9.17, 15) is 0 Å². The number of aryl methyl sites for hydroxylation is 1. The van der Waals surface area contributed by atoms with Gasteiger partial charge in [-0.25, -0.2) is 4.98 Å². The van der Waals surface area contributed by atoms with Gasteiger partial charge in [0, 0.05) is 4.47 Å². The number of nitrogens with two attached hydrogens (primary N) is 1. The Bertz CT molecular complexity index is 780. The van der Waals surface area contributed by atoms with Gasteiger partial charge in [0.25, 0.3) is 0 Å². The predicted octanol–water partition coefficient (Wildman–Crippen LogP) is 4.33. The smallest absolute Gasteiger partial charge is 0.205 e. The number of anilines is 1. The standard InChI is InChI=1S/C14H11BrClN3/c1-8-3-2-4-12-13(8)19(14(17)18-12)9-5-6-10(15)11(16)7-9/h2-7H,1H3,(H2,17,18). The van der Waals surface area contributed by atoms with E-state index in [4.69, 9.17) is 17.3 Å². The number of rotatable bonds is 1. The van der Waals surface area contributed by atoms with E-state index in [1.807, 2.05) is 47.9 Å². The van der Waals surface area contributed by atoms with E-state index < -0.39 is 0 Å². The van der Waals surface area contributed by atoms with Gasteiger partial charge in [-0.15, -0.1) is 0 Å². The third kappa shape index (κ3) is 2.01. The van der Waals surface area contributed by atoms with Crippen LogP contribution in [-0.4, -0.2) is 9.55 Å². The summed E-state index contributed by atoms with van der Waals surface area (Å²) in [5.41, 5.74) is 9.97. The summed E-state index contributed by atoms with van der Waals surface area (Å²) in [5.74, 6) is 0.461. The van der Waals surface area contributed by atoms with Crippen LogP contribution in [0, 0.1) is 6.92 Å². The first-order valence-corrected chi connectivity index (χ1v) is 6.94. The van der Waals surface area contributed by atoms with E-state index in [1.54, 1.807) is 0 Å². The first kappa shape index (κ1) is 12.5. The number of para-hydroxylation sites is 1. The molecule has 3 aromatic rings. The molecule has 3 rings (SSSR count). The molecule has 0 unspecified atom stereocenters. The maximum Gasteiger partial charge on any atom is 0.205 e. The van der Waals surface area contributed by atoms with Gasteiger partial charge in [-0.1, -0.05) is 23.7 Å². The summed E-state index contributed by atoms with van der Waals surface area (Å²) in [7, 11) is 0. The molecule has 0 saturated carbocycles. The fourth-order valence-electron chi connectivity index (χ4n) is 2.20. The Labute approximate surface area is 124 Å². The highest BCUT2D eigenvalue weighted by Crippen LogP contribution is 2.30. The Kier molecular flexibility index (Phi) is 2.99. The molecule has 0 aliphatic heterocycles. The maximum atomic E-state index is 6.15. The minimum Gasteiger partial charge on any atom is -0.369 e. The zero-order valence-corrected chi connectivity index (χ0v) is 12.5. The number of aromatic nitrogens is 2. The van der Waals surface area contributed by atoms with Crippen molar-refractivity contribution in [2.45, 2.75) is 6.92 Å². The van der Waals surface area contributed by atoms with Crippen molar-refractivity contribution >= 4 is 44.5 Å². The van der Waals surface area contributed by atoms with Gasteiger partial charge in [0.1, 0.15) is 0 Å². The summed E-state index contributed by atoms with van der Waals surface area (Å²) in [4.78, 5) is 4.39. The lowest BCUT2D eigenvalue weighted by Crippen LogP contribution is -2.01. The maximum absolute atomic E-state index is 6.15. The van der Waals surface area contributed by atoms with Crippen LogP contribution in [-0.2, 0) is 0 Å². The first-order chi connectivity index (χ1) is 9.08. The van der Waals surface area contributed by atoms with Crippen molar-refractivity contribution in [1.82, 2.24) is 9.55 Å². The van der Waals surface area contributed by atoms with Gasteiger partial charge in [-0.3, -0.25) is 4.57 Å². The Balaban J connectivity index is 2.35. The van der Waals surface area contributed by atoms with Crippen LogP contribution < -0.4 is 5.73 Å². The van der Waals surface area contributed by atoms with Crippen molar-refractivity contribution in [3.05, 3.63) is 51.5 Å². The van der Waals surface area contributed by atoms with Crippen molar-refractivity contribution in [2.24, 2.45) is 0 Å². The Morgan fingerprint density at radius 2 is 2.05 bits per heavy atom. The van der Waals surface area contributed by atoms with E-state index in [0.717, 1.165) is 26.8 Å². The third-order valence-electron chi connectivity index (χ3n) is 3.07. The quantitative estimate of drug-likeness (QED) is 0.718. The molecule has 0 radical (unpaired) electrons. The summed E-state index contributed by atoms with van der Waals surface area (Å²) in [6, 6.07) is 11.7. The highest BCUT2D eigenvalue weighted by molar-refractivity contribution is 9.10. The predicted molar refractivity (Wildman–Crippen MR) is 82.9 cm³/mol. The fraction of sp³-hybridized carbons (Fsp3) is 0.0714. The normalized spacial score (nSPS) is 11.1. The molecule has 0 aliphatic carbocycles. The van der Waals surface area contributed by atoms with Crippen LogP contribution in [0.1, 0.15) is 5.56 Å². The van der Waals surface area contributed by atoms with Crippen LogP contribution in [0.2, 0.25) is 5.02 Å². The zero-order chi connectivity index (χ0) is 13.6. The van der Waals surface area contributed by atoms with Gasteiger partial charge in [0.15, 0.2) is 0 Å². The second kappa shape index (κ2) is 4.54. The van der Waals surface area contributed by atoms with E-state index >= 15 is 0 Å². The molecule has 0 bridgehead atoms. The second-order valence-electron chi connectivity index (χ2n) is 4.35. The van der Waals surface area contributed by atoms with Crippen LogP contribution in [0.3, 0.4) is 0 Å². The number of nitrogens with zero attached hydrogens (tertiary/aromatic N) is 2. The van der Waals surface area contributed by atoms with Crippen LogP contribution in [0.4, 0.5) is 5.95 Å². The summed E-state index contributed by atoms with van der Waals surface area (Å²) in [6.07, 6.45) is 0.